The lowest BCUT2D eigenvalue weighted by molar-refractivity contribution is 0.0927. The second kappa shape index (κ2) is 6.52. The number of aromatic nitrogens is 2. The molecule has 2 heterocycles. The average Bonchev–Trinajstić information content (AvgIpc) is 3.10. The first-order valence-corrected chi connectivity index (χ1v) is 7.85. The van der Waals surface area contributed by atoms with Crippen molar-refractivity contribution >= 4 is 5.91 Å². The molecule has 2 aromatic rings. The van der Waals surface area contributed by atoms with Gasteiger partial charge in [-0.1, -0.05) is 0 Å². The summed E-state index contributed by atoms with van der Waals surface area (Å²) < 4.78 is 1.86. The summed E-state index contributed by atoms with van der Waals surface area (Å²) >= 11 is 0. The van der Waals surface area contributed by atoms with Gasteiger partial charge in [0.15, 0.2) is 0 Å². The summed E-state index contributed by atoms with van der Waals surface area (Å²) in [5.41, 5.74) is 3.56. The number of amides is 1. The number of carbonyl (C=O) groups excluding carboxylic acids is 1. The average molecular weight is 314 g/mol. The van der Waals surface area contributed by atoms with Crippen molar-refractivity contribution in [3.63, 3.8) is 0 Å². The molecule has 3 rings (SSSR count). The molecule has 1 saturated heterocycles. The number of aliphatic hydroxyl groups excluding tert-OH is 1. The second-order valence-electron chi connectivity index (χ2n) is 6.08. The van der Waals surface area contributed by atoms with Crippen molar-refractivity contribution in [3.05, 3.63) is 47.3 Å². The summed E-state index contributed by atoms with van der Waals surface area (Å²) in [6.45, 7) is 5.77. The first kappa shape index (κ1) is 15.7. The highest BCUT2D eigenvalue weighted by Gasteiger charge is 2.25. The molecule has 2 unspecified atom stereocenters. The molecule has 6 heteroatoms. The molecule has 0 aliphatic carbocycles. The molecule has 2 atom stereocenters. The van der Waals surface area contributed by atoms with Crippen LogP contribution in [0.15, 0.2) is 30.3 Å². The van der Waals surface area contributed by atoms with Crippen molar-refractivity contribution in [1.82, 2.24) is 20.4 Å². The van der Waals surface area contributed by atoms with Gasteiger partial charge in [0.2, 0.25) is 0 Å². The highest BCUT2D eigenvalue weighted by Crippen LogP contribution is 2.13. The van der Waals surface area contributed by atoms with Crippen LogP contribution in [0.4, 0.5) is 0 Å². The van der Waals surface area contributed by atoms with Gasteiger partial charge >= 0.3 is 0 Å². The molecular formula is C17H22N4O2. The molecular weight excluding hydrogens is 292 g/mol. The predicted octanol–water partition coefficient (Wildman–Crippen LogP) is 0.799. The van der Waals surface area contributed by atoms with Crippen LogP contribution in [0, 0.1) is 19.8 Å². The number of hydrogen-bond donors (Lipinski definition) is 3. The quantitative estimate of drug-likeness (QED) is 0.780. The van der Waals surface area contributed by atoms with Crippen LogP contribution in [0.25, 0.3) is 5.69 Å². The fraction of sp³-hybridized carbons (Fsp3) is 0.412. The lowest BCUT2D eigenvalue weighted by atomic mass is 10.1. The van der Waals surface area contributed by atoms with Crippen LogP contribution < -0.4 is 10.6 Å². The molecule has 1 fully saturated rings. The van der Waals surface area contributed by atoms with Gasteiger partial charge in [-0.15, -0.1) is 0 Å². The molecule has 6 nitrogen and oxygen atoms in total. The van der Waals surface area contributed by atoms with Crippen LogP contribution in [0.5, 0.6) is 0 Å². The van der Waals surface area contributed by atoms with E-state index in [-0.39, 0.29) is 17.9 Å². The molecule has 122 valence electrons. The van der Waals surface area contributed by atoms with Crippen molar-refractivity contribution in [2.75, 3.05) is 19.6 Å². The summed E-state index contributed by atoms with van der Waals surface area (Å²) in [5, 5.41) is 20.2. The van der Waals surface area contributed by atoms with Crippen LogP contribution in [0.2, 0.25) is 0 Å². The van der Waals surface area contributed by atoms with Gasteiger partial charge in [0.05, 0.1) is 17.5 Å². The van der Waals surface area contributed by atoms with E-state index in [9.17, 15) is 9.90 Å². The third-order valence-corrected chi connectivity index (χ3v) is 4.21. The van der Waals surface area contributed by atoms with E-state index in [2.05, 4.69) is 15.7 Å². The lowest BCUT2D eigenvalue weighted by Crippen LogP contribution is -2.34. The zero-order valence-corrected chi connectivity index (χ0v) is 13.4. The van der Waals surface area contributed by atoms with Gasteiger partial charge in [0.1, 0.15) is 0 Å². The Balaban J connectivity index is 1.64. The summed E-state index contributed by atoms with van der Waals surface area (Å²) in [6.07, 6.45) is -0.385. The zero-order valence-electron chi connectivity index (χ0n) is 13.4. The summed E-state index contributed by atoms with van der Waals surface area (Å²) in [5.74, 6) is -0.0445. The maximum atomic E-state index is 12.2. The summed E-state index contributed by atoms with van der Waals surface area (Å²) in [4.78, 5) is 12.2. The first-order valence-electron chi connectivity index (χ1n) is 7.85. The van der Waals surface area contributed by atoms with Crippen LogP contribution in [0.3, 0.4) is 0 Å². The normalized spacial score (nSPS) is 20.7. The highest BCUT2D eigenvalue weighted by atomic mass is 16.3. The van der Waals surface area contributed by atoms with Gasteiger partial charge in [-0.3, -0.25) is 4.79 Å². The Kier molecular flexibility index (Phi) is 4.45. The molecule has 1 amide bonds. The highest BCUT2D eigenvalue weighted by molar-refractivity contribution is 5.94. The van der Waals surface area contributed by atoms with Crippen molar-refractivity contribution < 1.29 is 9.90 Å². The van der Waals surface area contributed by atoms with Crippen molar-refractivity contribution in [2.24, 2.45) is 5.92 Å². The number of aryl methyl sites for hydroxylation is 2. The van der Waals surface area contributed by atoms with Gasteiger partial charge in [-0.05, 0) is 44.2 Å². The minimum absolute atomic E-state index is 0.0768. The Bertz CT molecular complexity index is 693. The fourth-order valence-corrected chi connectivity index (χ4v) is 2.90. The third kappa shape index (κ3) is 3.43. The van der Waals surface area contributed by atoms with E-state index in [0.717, 1.165) is 23.6 Å². The molecule has 1 aromatic carbocycles. The maximum absolute atomic E-state index is 12.2. The molecule has 23 heavy (non-hydrogen) atoms. The van der Waals surface area contributed by atoms with E-state index in [1.165, 1.54) is 0 Å². The van der Waals surface area contributed by atoms with Crippen LogP contribution in [-0.2, 0) is 0 Å². The zero-order chi connectivity index (χ0) is 16.4. The topological polar surface area (TPSA) is 79.2 Å². The summed E-state index contributed by atoms with van der Waals surface area (Å²) in [7, 11) is 0. The van der Waals surface area contributed by atoms with Crippen LogP contribution in [-0.4, -0.2) is 46.5 Å². The molecule has 3 N–H and O–H groups in total. The Hall–Kier alpha value is -2.18. The van der Waals surface area contributed by atoms with Gasteiger partial charge < -0.3 is 15.7 Å². The maximum Gasteiger partial charge on any atom is 0.251 e. The van der Waals surface area contributed by atoms with Gasteiger partial charge in [0.25, 0.3) is 5.91 Å². The molecule has 1 aliphatic rings. The molecule has 1 aliphatic heterocycles. The third-order valence-electron chi connectivity index (χ3n) is 4.21. The van der Waals surface area contributed by atoms with E-state index in [0.29, 0.717) is 18.7 Å². The number of hydrogen-bond acceptors (Lipinski definition) is 4. The smallest absolute Gasteiger partial charge is 0.251 e. The molecule has 0 radical (unpaired) electrons. The van der Waals surface area contributed by atoms with Crippen molar-refractivity contribution in [2.45, 2.75) is 20.0 Å². The largest absolute Gasteiger partial charge is 0.391 e. The second-order valence-corrected chi connectivity index (χ2v) is 6.08. The van der Waals surface area contributed by atoms with Gasteiger partial charge in [0, 0.05) is 36.8 Å². The van der Waals surface area contributed by atoms with Crippen LogP contribution >= 0.6 is 0 Å². The summed E-state index contributed by atoms with van der Waals surface area (Å²) in [6, 6.07) is 9.39. The molecule has 1 aromatic heterocycles. The van der Waals surface area contributed by atoms with E-state index < -0.39 is 0 Å². The van der Waals surface area contributed by atoms with E-state index in [1.54, 1.807) is 12.1 Å². The van der Waals surface area contributed by atoms with Crippen molar-refractivity contribution in [3.8, 4) is 5.69 Å². The molecule has 0 bridgehead atoms. The number of rotatable bonds is 4. The molecule has 0 spiro atoms. The Morgan fingerprint density at radius 1 is 1.35 bits per heavy atom. The number of nitrogens with zero attached hydrogens (tertiary/aromatic N) is 2. The Morgan fingerprint density at radius 3 is 2.65 bits per heavy atom. The SMILES string of the molecule is Cc1cc(C)n(-c2ccc(C(=O)NCC3CNCC3O)cc2)n1. The molecule has 0 saturated carbocycles. The minimum Gasteiger partial charge on any atom is -0.391 e. The lowest BCUT2D eigenvalue weighted by Gasteiger charge is -2.14. The standard InChI is InChI=1S/C17H22N4O2/c1-11-7-12(2)21(20-11)15-5-3-13(4-6-15)17(23)19-9-14-8-18-10-16(14)22/h3-7,14,16,18,22H,8-10H2,1-2H3,(H,19,23). The number of β-amino-alcohol motifs (C(OH)–C–C–N with tert-alkyl or cyclic N) is 1. The predicted molar refractivity (Wildman–Crippen MR) is 87.7 cm³/mol. The monoisotopic (exact) mass is 314 g/mol. The number of nitrogens with one attached hydrogen (secondary N) is 2. The minimum atomic E-state index is -0.385. The van der Waals surface area contributed by atoms with Gasteiger partial charge in [-0.2, -0.15) is 5.10 Å². The first-order chi connectivity index (χ1) is 11.0. The fourth-order valence-electron chi connectivity index (χ4n) is 2.90. The van der Waals surface area contributed by atoms with E-state index in [1.807, 2.05) is 36.7 Å². The Labute approximate surface area is 135 Å². The number of aliphatic hydroxyl groups is 1. The van der Waals surface area contributed by atoms with Crippen LogP contribution in [0.1, 0.15) is 21.7 Å². The van der Waals surface area contributed by atoms with Gasteiger partial charge in [-0.25, -0.2) is 4.68 Å². The van der Waals surface area contributed by atoms with Crippen molar-refractivity contribution in [1.29, 1.82) is 0 Å². The number of benzene rings is 1. The Morgan fingerprint density at radius 2 is 2.09 bits per heavy atom. The van der Waals surface area contributed by atoms with E-state index in [4.69, 9.17) is 0 Å². The van der Waals surface area contributed by atoms with E-state index >= 15 is 0 Å². The number of carbonyl (C=O) groups is 1.